The SMILES string of the molecule is Cc1ccc(S(=O)(=O)NC2CCN(C(=O)c3ccccc3Br)CC2)cc1. The molecule has 1 heterocycles. The minimum atomic E-state index is -3.53. The molecule has 0 atom stereocenters. The summed E-state index contributed by atoms with van der Waals surface area (Å²) in [4.78, 5) is 14.7. The van der Waals surface area contributed by atoms with Crippen molar-refractivity contribution >= 4 is 31.9 Å². The van der Waals surface area contributed by atoms with Gasteiger partial charge in [0.25, 0.3) is 5.91 Å². The van der Waals surface area contributed by atoms with E-state index in [-0.39, 0.29) is 16.8 Å². The second-order valence-corrected chi connectivity index (χ2v) is 9.05. The summed E-state index contributed by atoms with van der Waals surface area (Å²) in [7, 11) is -3.53. The van der Waals surface area contributed by atoms with Crippen molar-refractivity contribution in [2.24, 2.45) is 0 Å². The Labute approximate surface area is 162 Å². The number of aryl methyl sites for hydroxylation is 1. The van der Waals surface area contributed by atoms with Crippen molar-refractivity contribution in [3.63, 3.8) is 0 Å². The van der Waals surface area contributed by atoms with Crippen LogP contribution in [0.15, 0.2) is 57.9 Å². The molecule has 138 valence electrons. The predicted molar refractivity (Wildman–Crippen MR) is 105 cm³/mol. The summed E-state index contributed by atoms with van der Waals surface area (Å²) in [6, 6.07) is 14.0. The van der Waals surface area contributed by atoms with Crippen LogP contribution >= 0.6 is 15.9 Å². The number of benzene rings is 2. The van der Waals surface area contributed by atoms with Crippen LogP contribution in [0, 0.1) is 6.92 Å². The summed E-state index contributed by atoms with van der Waals surface area (Å²) in [6.45, 7) is 2.98. The lowest BCUT2D eigenvalue weighted by atomic mass is 10.0. The normalized spacial score (nSPS) is 15.8. The van der Waals surface area contributed by atoms with E-state index in [1.807, 2.05) is 25.1 Å². The van der Waals surface area contributed by atoms with Gasteiger partial charge in [-0.3, -0.25) is 4.79 Å². The van der Waals surface area contributed by atoms with Crippen LogP contribution in [0.2, 0.25) is 0 Å². The molecule has 0 aromatic heterocycles. The molecule has 26 heavy (non-hydrogen) atoms. The molecule has 0 unspecified atom stereocenters. The highest BCUT2D eigenvalue weighted by molar-refractivity contribution is 9.10. The smallest absolute Gasteiger partial charge is 0.254 e. The molecule has 0 bridgehead atoms. The highest BCUT2D eigenvalue weighted by atomic mass is 79.9. The number of piperidine rings is 1. The summed E-state index contributed by atoms with van der Waals surface area (Å²) in [6.07, 6.45) is 1.20. The topological polar surface area (TPSA) is 66.5 Å². The van der Waals surface area contributed by atoms with E-state index in [9.17, 15) is 13.2 Å². The van der Waals surface area contributed by atoms with Crippen LogP contribution in [0.5, 0.6) is 0 Å². The van der Waals surface area contributed by atoms with Gasteiger partial charge in [0.15, 0.2) is 0 Å². The third kappa shape index (κ3) is 4.34. The zero-order chi connectivity index (χ0) is 18.7. The van der Waals surface area contributed by atoms with E-state index >= 15 is 0 Å². The Morgan fingerprint density at radius 1 is 1.08 bits per heavy atom. The van der Waals surface area contributed by atoms with Crippen molar-refractivity contribution < 1.29 is 13.2 Å². The first kappa shape index (κ1) is 19.1. The Balaban J connectivity index is 1.61. The van der Waals surface area contributed by atoms with Crippen LogP contribution in [-0.4, -0.2) is 38.4 Å². The van der Waals surface area contributed by atoms with Crippen molar-refractivity contribution in [2.45, 2.75) is 30.7 Å². The molecule has 0 radical (unpaired) electrons. The molecular formula is C19H21BrN2O3S. The number of amides is 1. The number of carbonyl (C=O) groups excluding carboxylic acids is 1. The molecule has 0 saturated carbocycles. The quantitative estimate of drug-likeness (QED) is 0.798. The standard InChI is InChI=1S/C19H21BrN2O3S/c1-14-6-8-16(9-7-14)26(24,25)21-15-10-12-22(13-11-15)19(23)17-4-2-3-5-18(17)20/h2-9,15,21H,10-13H2,1H3. The third-order valence-electron chi connectivity index (χ3n) is 4.54. The minimum absolute atomic E-state index is 0.0303. The molecule has 1 amide bonds. The van der Waals surface area contributed by atoms with Gasteiger partial charge in [-0.25, -0.2) is 13.1 Å². The van der Waals surface area contributed by atoms with Crippen LogP contribution in [0.3, 0.4) is 0 Å². The molecule has 0 spiro atoms. The number of halogens is 1. The van der Waals surface area contributed by atoms with Gasteiger partial charge in [-0.15, -0.1) is 0 Å². The second-order valence-electron chi connectivity index (χ2n) is 6.48. The number of carbonyl (C=O) groups is 1. The number of rotatable bonds is 4. The van der Waals surface area contributed by atoms with Crippen LogP contribution in [0.1, 0.15) is 28.8 Å². The van der Waals surface area contributed by atoms with Gasteiger partial charge in [-0.2, -0.15) is 0 Å². The van der Waals surface area contributed by atoms with Crippen LogP contribution in [0.25, 0.3) is 0 Å². The summed E-state index contributed by atoms with van der Waals surface area (Å²) in [5.74, 6) is -0.0303. The lowest BCUT2D eigenvalue weighted by Gasteiger charge is -2.32. The highest BCUT2D eigenvalue weighted by Gasteiger charge is 2.27. The average molecular weight is 437 g/mol. The highest BCUT2D eigenvalue weighted by Crippen LogP contribution is 2.21. The van der Waals surface area contributed by atoms with Crippen molar-refractivity contribution in [1.29, 1.82) is 0 Å². The van der Waals surface area contributed by atoms with E-state index in [0.717, 1.165) is 10.0 Å². The first-order chi connectivity index (χ1) is 12.4. The molecule has 5 nitrogen and oxygen atoms in total. The molecular weight excluding hydrogens is 416 g/mol. The van der Waals surface area contributed by atoms with E-state index in [1.54, 1.807) is 35.2 Å². The van der Waals surface area contributed by atoms with Gasteiger partial charge in [0.1, 0.15) is 0 Å². The molecule has 7 heteroatoms. The number of sulfonamides is 1. The van der Waals surface area contributed by atoms with Crippen LogP contribution < -0.4 is 4.72 Å². The van der Waals surface area contributed by atoms with Crippen molar-refractivity contribution in [1.82, 2.24) is 9.62 Å². The predicted octanol–water partition coefficient (Wildman–Crippen LogP) is 3.34. The Morgan fingerprint density at radius 2 is 1.69 bits per heavy atom. The fourth-order valence-electron chi connectivity index (χ4n) is 3.01. The van der Waals surface area contributed by atoms with Gasteiger partial charge in [0.05, 0.1) is 10.5 Å². The first-order valence-electron chi connectivity index (χ1n) is 8.49. The zero-order valence-corrected chi connectivity index (χ0v) is 16.9. The Kier molecular flexibility index (Phi) is 5.79. The van der Waals surface area contributed by atoms with Crippen molar-refractivity contribution in [2.75, 3.05) is 13.1 Å². The van der Waals surface area contributed by atoms with Crippen molar-refractivity contribution in [3.8, 4) is 0 Å². The first-order valence-corrected chi connectivity index (χ1v) is 10.8. The zero-order valence-electron chi connectivity index (χ0n) is 14.5. The van der Waals surface area contributed by atoms with E-state index in [2.05, 4.69) is 20.7 Å². The molecule has 1 saturated heterocycles. The summed E-state index contributed by atoms with van der Waals surface area (Å²) < 4.78 is 28.5. The van der Waals surface area contributed by atoms with Gasteiger partial charge < -0.3 is 4.90 Å². The molecule has 1 N–H and O–H groups in total. The Morgan fingerprint density at radius 3 is 2.31 bits per heavy atom. The maximum atomic E-state index is 12.6. The summed E-state index contributed by atoms with van der Waals surface area (Å²) >= 11 is 3.41. The number of hydrogen-bond donors (Lipinski definition) is 1. The summed E-state index contributed by atoms with van der Waals surface area (Å²) in [5.41, 5.74) is 1.65. The minimum Gasteiger partial charge on any atom is -0.338 e. The van der Waals surface area contributed by atoms with E-state index in [4.69, 9.17) is 0 Å². The largest absolute Gasteiger partial charge is 0.338 e. The molecule has 3 rings (SSSR count). The molecule has 0 aliphatic carbocycles. The molecule has 2 aromatic carbocycles. The fourth-order valence-corrected chi connectivity index (χ4v) is 4.77. The number of likely N-dealkylation sites (tertiary alicyclic amines) is 1. The fraction of sp³-hybridized carbons (Fsp3) is 0.316. The lowest BCUT2D eigenvalue weighted by Crippen LogP contribution is -2.46. The third-order valence-corrected chi connectivity index (χ3v) is 6.77. The van der Waals surface area contributed by atoms with E-state index < -0.39 is 10.0 Å². The number of hydrogen-bond acceptors (Lipinski definition) is 3. The monoisotopic (exact) mass is 436 g/mol. The summed E-state index contributed by atoms with van der Waals surface area (Å²) in [5, 5.41) is 0. The number of nitrogens with one attached hydrogen (secondary N) is 1. The Hall–Kier alpha value is -1.70. The molecule has 1 fully saturated rings. The average Bonchev–Trinajstić information content (AvgIpc) is 2.62. The van der Waals surface area contributed by atoms with Crippen LogP contribution in [0.4, 0.5) is 0 Å². The van der Waals surface area contributed by atoms with Crippen LogP contribution in [-0.2, 0) is 10.0 Å². The van der Waals surface area contributed by atoms with Gasteiger partial charge >= 0.3 is 0 Å². The van der Waals surface area contributed by atoms with Gasteiger partial charge in [-0.1, -0.05) is 29.8 Å². The van der Waals surface area contributed by atoms with Gasteiger partial charge in [-0.05, 0) is 60.0 Å². The lowest BCUT2D eigenvalue weighted by molar-refractivity contribution is 0.0710. The second kappa shape index (κ2) is 7.90. The molecule has 2 aromatic rings. The van der Waals surface area contributed by atoms with E-state index in [1.165, 1.54) is 0 Å². The van der Waals surface area contributed by atoms with Gasteiger partial charge in [0.2, 0.25) is 10.0 Å². The molecule has 1 aliphatic heterocycles. The van der Waals surface area contributed by atoms with E-state index in [0.29, 0.717) is 31.5 Å². The van der Waals surface area contributed by atoms with Crippen molar-refractivity contribution in [3.05, 3.63) is 64.1 Å². The Bertz CT molecular complexity index is 889. The van der Waals surface area contributed by atoms with Gasteiger partial charge in [0, 0.05) is 23.6 Å². The molecule has 1 aliphatic rings. The maximum Gasteiger partial charge on any atom is 0.254 e. The number of nitrogens with zero attached hydrogens (tertiary/aromatic N) is 1. The maximum absolute atomic E-state index is 12.6.